The molecule has 0 aliphatic heterocycles. The van der Waals surface area contributed by atoms with E-state index in [2.05, 4.69) is 4.79 Å². The molecular formula is C7H8N2O. The first-order valence-corrected chi connectivity index (χ1v) is 3.05. The summed E-state index contributed by atoms with van der Waals surface area (Å²) in [7, 11) is 0. The lowest BCUT2D eigenvalue weighted by Crippen LogP contribution is -2.15. The van der Waals surface area contributed by atoms with E-state index in [1.807, 2.05) is 13.0 Å². The smallest absolute Gasteiger partial charge is 0.339 e. The van der Waals surface area contributed by atoms with Crippen LogP contribution in [-0.2, 0) is 0 Å². The minimum absolute atomic E-state index is 0.00463. The van der Waals surface area contributed by atoms with Gasteiger partial charge in [-0.3, -0.25) is 0 Å². The van der Waals surface area contributed by atoms with E-state index in [-0.39, 0.29) is 11.7 Å². The largest absolute Gasteiger partial charge is 0.502 e. The Balaban J connectivity index is 3.04. The lowest BCUT2D eigenvalue weighted by molar-refractivity contribution is -0.0132. The van der Waals surface area contributed by atoms with Gasteiger partial charge in [-0.1, -0.05) is 12.2 Å². The fourth-order valence-electron chi connectivity index (χ4n) is 0.865. The zero-order chi connectivity index (χ0) is 7.56. The van der Waals surface area contributed by atoms with Gasteiger partial charge in [0.15, 0.2) is 0 Å². The number of hydrogen-bond donors (Lipinski definition) is 1. The first-order valence-electron chi connectivity index (χ1n) is 3.05. The summed E-state index contributed by atoms with van der Waals surface area (Å²) in [6.07, 6.45) is 5.07. The van der Waals surface area contributed by atoms with Crippen molar-refractivity contribution in [3.8, 4) is 0 Å². The standard InChI is InChI=1S/C7H8N2O/c1-5-3-2-4-6(10)7(5)9-8/h2-5,10H,1H3. The summed E-state index contributed by atoms with van der Waals surface area (Å²) in [5.41, 5.74) is 8.71. The lowest BCUT2D eigenvalue weighted by atomic mass is 9.99. The predicted molar refractivity (Wildman–Crippen MR) is 37.6 cm³/mol. The van der Waals surface area contributed by atoms with E-state index in [0.29, 0.717) is 5.71 Å². The van der Waals surface area contributed by atoms with E-state index in [4.69, 9.17) is 10.6 Å². The molecule has 0 fully saturated rings. The van der Waals surface area contributed by atoms with Gasteiger partial charge < -0.3 is 10.6 Å². The van der Waals surface area contributed by atoms with Crippen LogP contribution in [0.4, 0.5) is 0 Å². The van der Waals surface area contributed by atoms with Crippen molar-refractivity contribution in [1.82, 2.24) is 0 Å². The van der Waals surface area contributed by atoms with E-state index in [1.54, 1.807) is 6.08 Å². The third kappa shape index (κ3) is 0.993. The van der Waals surface area contributed by atoms with Crippen LogP contribution >= 0.6 is 0 Å². The van der Waals surface area contributed by atoms with Gasteiger partial charge >= 0.3 is 5.71 Å². The number of aliphatic hydroxyl groups excluding tert-OH is 1. The Morgan fingerprint density at radius 3 is 2.80 bits per heavy atom. The van der Waals surface area contributed by atoms with Gasteiger partial charge in [-0.2, -0.15) is 4.79 Å². The number of rotatable bonds is 0. The Morgan fingerprint density at radius 1 is 1.70 bits per heavy atom. The maximum atomic E-state index is 9.06. The minimum atomic E-state index is -0.00463. The number of nitrogens with zero attached hydrogens (tertiary/aromatic N) is 2. The van der Waals surface area contributed by atoms with Crippen molar-refractivity contribution in [2.45, 2.75) is 6.92 Å². The van der Waals surface area contributed by atoms with Crippen molar-refractivity contribution in [2.24, 2.45) is 5.92 Å². The monoisotopic (exact) mass is 136 g/mol. The predicted octanol–water partition coefficient (Wildman–Crippen LogP) is 1.31. The van der Waals surface area contributed by atoms with Crippen LogP contribution in [-0.4, -0.2) is 15.6 Å². The first kappa shape index (κ1) is 6.78. The SMILES string of the molecule is CC1C=CC=C(O)C1=[N+]=[N-]. The molecule has 1 unspecified atom stereocenters. The third-order valence-electron chi connectivity index (χ3n) is 1.46. The molecule has 0 radical (unpaired) electrons. The molecular weight excluding hydrogens is 128 g/mol. The van der Waals surface area contributed by atoms with Gasteiger partial charge in [-0.25, -0.2) is 0 Å². The van der Waals surface area contributed by atoms with E-state index < -0.39 is 0 Å². The highest BCUT2D eigenvalue weighted by atomic mass is 16.3. The second kappa shape index (κ2) is 2.50. The molecule has 0 saturated carbocycles. The molecule has 0 amide bonds. The van der Waals surface area contributed by atoms with Gasteiger partial charge in [0.25, 0.3) is 0 Å². The number of aliphatic hydroxyl groups is 1. The highest BCUT2D eigenvalue weighted by Crippen LogP contribution is 2.10. The van der Waals surface area contributed by atoms with Crippen LogP contribution in [0.2, 0.25) is 0 Å². The zero-order valence-electron chi connectivity index (χ0n) is 5.65. The highest BCUT2D eigenvalue weighted by Gasteiger charge is 2.22. The Labute approximate surface area is 58.9 Å². The van der Waals surface area contributed by atoms with Crippen LogP contribution < -0.4 is 0 Å². The Kier molecular flexibility index (Phi) is 1.69. The van der Waals surface area contributed by atoms with E-state index in [0.717, 1.165) is 0 Å². The molecule has 0 saturated heterocycles. The molecule has 1 aliphatic rings. The summed E-state index contributed by atoms with van der Waals surface area (Å²) in [4.78, 5) is 2.96. The van der Waals surface area contributed by atoms with Crippen LogP contribution in [0.25, 0.3) is 5.53 Å². The maximum Gasteiger partial charge on any atom is 0.339 e. The Morgan fingerprint density at radius 2 is 2.40 bits per heavy atom. The fraction of sp³-hybridized carbons (Fsp3) is 0.286. The normalized spacial score (nSPS) is 23.9. The summed E-state index contributed by atoms with van der Waals surface area (Å²) in [5, 5.41) is 9.06. The summed E-state index contributed by atoms with van der Waals surface area (Å²) < 4.78 is 0. The summed E-state index contributed by atoms with van der Waals surface area (Å²) >= 11 is 0. The average molecular weight is 136 g/mol. The molecule has 0 aromatic rings. The fourth-order valence-corrected chi connectivity index (χ4v) is 0.865. The molecule has 10 heavy (non-hydrogen) atoms. The number of allylic oxidation sites excluding steroid dienone is 4. The molecule has 0 heterocycles. The molecule has 52 valence electrons. The van der Waals surface area contributed by atoms with Gasteiger partial charge in [0.1, 0.15) is 0 Å². The van der Waals surface area contributed by atoms with Gasteiger partial charge in [-0.05, 0) is 13.0 Å². The molecule has 0 aromatic carbocycles. The third-order valence-corrected chi connectivity index (χ3v) is 1.46. The van der Waals surface area contributed by atoms with Crippen molar-refractivity contribution in [3.05, 3.63) is 29.5 Å². The number of hydrogen-bond acceptors (Lipinski definition) is 1. The topological polar surface area (TPSA) is 56.6 Å². The van der Waals surface area contributed by atoms with Crippen LogP contribution in [0.5, 0.6) is 0 Å². The molecule has 1 aliphatic carbocycles. The van der Waals surface area contributed by atoms with Crippen molar-refractivity contribution in [2.75, 3.05) is 0 Å². The summed E-state index contributed by atoms with van der Waals surface area (Å²) in [5.74, 6) is 0.0347. The highest BCUT2D eigenvalue weighted by molar-refractivity contribution is 5.97. The van der Waals surface area contributed by atoms with E-state index >= 15 is 0 Å². The van der Waals surface area contributed by atoms with Gasteiger partial charge in [0.05, 0.1) is 5.92 Å². The molecule has 1 rings (SSSR count). The van der Waals surface area contributed by atoms with Gasteiger partial charge in [0, 0.05) is 0 Å². The van der Waals surface area contributed by atoms with Crippen LogP contribution in [0.3, 0.4) is 0 Å². The maximum absolute atomic E-state index is 9.06. The van der Waals surface area contributed by atoms with Crippen LogP contribution in [0.1, 0.15) is 6.92 Å². The molecule has 0 spiro atoms. The van der Waals surface area contributed by atoms with E-state index in [9.17, 15) is 0 Å². The Bertz CT molecular complexity index is 246. The second-order valence-corrected chi connectivity index (χ2v) is 2.21. The van der Waals surface area contributed by atoms with Crippen LogP contribution in [0, 0.1) is 5.92 Å². The molecule has 1 N–H and O–H groups in total. The Hall–Kier alpha value is -1.34. The van der Waals surface area contributed by atoms with E-state index in [1.165, 1.54) is 6.08 Å². The average Bonchev–Trinajstić information content (AvgIpc) is 1.88. The lowest BCUT2D eigenvalue weighted by Gasteiger charge is -2.02. The first-order chi connectivity index (χ1) is 4.75. The summed E-state index contributed by atoms with van der Waals surface area (Å²) in [6.45, 7) is 1.84. The molecule has 1 atom stereocenters. The van der Waals surface area contributed by atoms with Gasteiger partial charge in [0.2, 0.25) is 5.76 Å². The van der Waals surface area contributed by atoms with Crippen molar-refractivity contribution in [1.29, 1.82) is 0 Å². The van der Waals surface area contributed by atoms with Crippen LogP contribution in [0.15, 0.2) is 24.0 Å². The summed E-state index contributed by atoms with van der Waals surface area (Å²) in [6, 6.07) is 0. The minimum Gasteiger partial charge on any atom is -0.502 e. The molecule has 3 heteroatoms. The molecule has 0 bridgehead atoms. The van der Waals surface area contributed by atoms with Gasteiger partial charge in [-0.15, -0.1) is 0 Å². The molecule has 3 nitrogen and oxygen atoms in total. The zero-order valence-corrected chi connectivity index (χ0v) is 5.65. The van der Waals surface area contributed by atoms with Crippen molar-refractivity contribution < 1.29 is 9.90 Å². The molecule has 0 aromatic heterocycles. The second-order valence-electron chi connectivity index (χ2n) is 2.21. The quantitative estimate of drug-likeness (QED) is 0.396. The van der Waals surface area contributed by atoms with Crippen molar-refractivity contribution in [3.63, 3.8) is 0 Å². The van der Waals surface area contributed by atoms with Crippen molar-refractivity contribution >= 4 is 5.71 Å².